The Bertz CT molecular complexity index is 1200. The molecule has 0 spiro atoms. The molecular formula is C59H116N2O6P+. The van der Waals surface area contributed by atoms with Gasteiger partial charge in [-0.15, -0.1) is 0 Å². The fourth-order valence-corrected chi connectivity index (χ4v) is 9.46. The first-order valence-corrected chi connectivity index (χ1v) is 30.9. The molecule has 0 rings (SSSR count). The highest BCUT2D eigenvalue weighted by Gasteiger charge is 2.27. The van der Waals surface area contributed by atoms with Gasteiger partial charge < -0.3 is 19.8 Å². The Morgan fingerprint density at radius 3 is 1.24 bits per heavy atom. The molecule has 0 aliphatic heterocycles. The van der Waals surface area contributed by atoms with Crippen molar-refractivity contribution in [2.45, 2.75) is 296 Å². The summed E-state index contributed by atoms with van der Waals surface area (Å²) >= 11 is 0. The highest BCUT2D eigenvalue weighted by atomic mass is 31.2. The maximum absolute atomic E-state index is 13.0. The standard InChI is InChI=1S/C59H115N2O6P/c1-6-8-10-12-14-16-18-20-22-24-26-27-28-29-30-31-32-33-35-36-38-40-42-44-46-48-50-52-58(62)57(56-67-68(64,65)66-55-54-61(3,4)5)60-59(63)53-51-49-47-45-43-41-39-37-34-25-23-21-19-17-15-13-11-9-7-2/h15,17,21,23,50,52,57-58,62H,6-14,16,18-20,22,24-49,51,53-56H2,1-5H3,(H-,60,63,64,65)/p+1/b17-15-,23-21-,52-50+. The molecule has 0 aromatic heterocycles. The van der Waals surface area contributed by atoms with Crippen molar-refractivity contribution in [3.05, 3.63) is 36.5 Å². The van der Waals surface area contributed by atoms with Crippen molar-refractivity contribution in [1.29, 1.82) is 0 Å². The van der Waals surface area contributed by atoms with Gasteiger partial charge in [0, 0.05) is 6.42 Å². The van der Waals surface area contributed by atoms with Crippen LogP contribution in [0.25, 0.3) is 0 Å². The molecule has 402 valence electrons. The van der Waals surface area contributed by atoms with Gasteiger partial charge in [-0.25, -0.2) is 4.57 Å². The highest BCUT2D eigenvalue weighted by molar-refractivity contribution is 7.47. The van der Waals surface area contributed by atoms with Gasteiger partial charge in [-0.05, 0) is 51.4 Å². The fraction of sp³-hybridized carbons (Fsp3) is 0.881. The van der Waals surface area contributed by atoms with Gasteiger partial charge in [0.1, 0.15) is 13.2 Å². The SMILES string of the molecule is CCCCC/C=C\C/C=C\CCCCCCCCCCCC(=O)NC(COP(=O)(O)OCC[N+](C)(C)C)C(O)/C=C/CCCCCCCCCCCCCCCCCCCCCCCCCCC. The molecule has 0 saturated heterocycles. The molecule has 0 aromatic rings. The molecule has 0 aromatic carbocycles. The van der Waals surface area contributed by atoms with Crippen LogP contribution in [0.2, 0.25) is 0 Å². The Balaban J connectivity index is 4.18. The minimum absolute atomic E-state index is 0.0611. The molecule has 0 fully saturated rings. The molecule has 8 nitrogen and oxygen atoms in total. The zero-order valence-electron chi connectivity index (χ0n) is 45.9. The molecule has 68 heavy (non-hydrogen) atoms. The van der Waals surface area contributed by atoms with Gasteiger partial charge in [-0.2, -0.15) is 0 Å². The number of carbonyl (C=O) groups is 1. The third-order valence-electron chi connectivity index (χ3n) is 13.4. The average molecular weight is 981 g/mol. The summed E-state index contributed by atoms with van der Waals surface area (Å²) in [5.41, 5.74) is 0. The third kappa shape index (κ3) is 52.5. The van der Waals surface area contributed by atoms with Gasteiger partial charge in [0.05, 0.1) is 39.9 Å². The Kier molecular flexibility index (Phi) is 49.7. The monoisotopic (exact) mass is 980 g/mol. The fourth-order valence-electron chi connectivity index (χ4n) is 8.72. The number of nitrogens with zero attached hydrogens (tertiary/aromatic N) is 1. The Hall–Kier alpha value is -1.28. The Morgan fingerprint density at radius 1 is 0.500 bits per heavy atom. The van der Waals surface area contributed by atoms with E-state index >= 15 is 0 Å². The average Bonchev–Trinajstić information content (AvgIpc) is 3.30. The van der Waals surface area contributed by atoms with E-state index in [0.717, 1.165) is 44.9 Å². The lowest BCUT2D eigenvalue weighted by Gasteiger charge is -2.25. The normalized spacial score (nSPS) is 14.2. The number of allylic oxidation sites excluding steroid dienone is 5. The van der Waals surface area contributed by atoms with E-state index in [-0.39, 0.29) is 19.1 Å². The van der Waals surface area contributed by atoms with Crippen LogP contribution in [-0.4, -0.2) is 73.4 Å². The molecule has 3 N–H and O–H groups in total. The van der Waals surface area contributed by atoms with Gasteiger partial charge >= 0.3 is 7.82 Å². The molecule has 9 heteroatoms. The van der Waals surface area contributed by atoms with Gasteiger partial charge in [0.25, 0.3) is 0 Å². The van der Waals surface area contributed by atoms with Crippen LogP contribution in [-0.2, 0) is 18.4 Å². The van der Waals surface area contributed by atoms with Crippen LogP contribution in [0.4, 0.5) is 0 Å². The number of aliphatic hydroxyl groups is 1. The summed E-state index contributed by atoms with van der Waals surface area (Å²) in [5.74, 6) is -0.179. The number of quaternary nitrogens is 1. The van der Waals surface area contributed by atoms with Crippen molar-refractivity contribution < 1.29 is 32.9 Å². The number of likely N-dealkylation sites (N-methyl/N-ethyl adjacent to an activating group) is 1. The van der Waals surface area contributed by atoms with Crippen molar-refractivity contribution in [3.8, 4) is 0 Å². The van der Waals surface area contributed by atoms with E-state index in [2.05, 4.69) is 43.5 Å². The zero-order chi connectivity index (χ0) is 49.9. The van der Waals surface area contributed by atoms with Crippen molar-refractivity contribution in [3.63, 3.8) is 0 Å². The number of aliphatic hydroxyl groups excluding tert-OH is 1. The van der Waals surface area contributed by atoms with E-state index in [0.29, 0.717) is 17.4 Å². The lowest BCUT2D eigenvalue weighted by atomic mass is 10.0. The first-order valence-electron chi connectivity index (χ1n) is 29.4. The number of phosphoric acid groups is 1. The summed E-state index contributed by atoms with van der Waals surface area (Å²) in [6, 6.07) is -0.849. The van der Waals surface area contributed by atoms with Crippen LogP contribution in [0.1, 0.15) is 284 Å². The largest absolute Gasteiger partial charge is 0.472 e. The molecule has 0 saturated carbocycles. The number of hydrogen-bond acceptors (Lipinski definition) is 5. The van der Waals surface area contributed by atoms with Crippen LogP contribution >= 0.6 is 7.82 Å². The Morgan fingerprint density at radius 2 is 0.838 bits per heavy atom. The number of phosphoric ester groups is 1. The number of rotatable bonds is 54. The number of amides is 1. The minimum Gasteiger partial charge on any atom is -0.387 e. The second-order valence-corrected chi connectivity index (χ2v) is 22.8. The third-order valence-corrected chi connectivity index (χ3v) is 14.3. The number of nitrogens with one attached hydrogen (secondary N) is 1. The highest BCUT2D eigenvalue weighted by Crippen LogP contribution is 2.43. The van der Waals surface area contributed by atoms with E-state index in [4.69, 9.17) is 9.05 Å². The molecule has 3 unspecified atom stereocenters. The lowest BCUT2D eigenvalue weighted by Crippen LogP contribution is -2.45. The van der Waals surface area contributed by atoms with Gasteiger partial charge in [-0.1, -0.05) is 262 Å². The van der Waals surface area contributed by atoms with E-state index in [1.165, 1.54) is 218 Å². The second-order valence-electron chi connectivity index (χ2n) is 21.4. The van der Waals surface area contributed by atoms with Gasteiger partial charge in [0.15, 0.2) is 0 Å². The molecular weight excluding hydrogens is 864 g/mol. The van der Waals surface area contributed by atoms with Crippen molar-refractivity contribution >= 4 is 13.7 Å². The van der Waals surface area contributed by atoms with Crippen LogP contribution in [0, 0.1) is 0 Å². The first-order chi connectivity index (χ1) is 33.0. The lowest BCUT2D eigenvalue weighted by molar-refractivity contribution is -0.870. The predicted molar refractivity (Wildman–Crippen MR) is 295 cm³/mol. The maximum Gasteiger partial charge on any atom is 0.472 e. The van der Waals surface area contributed by atoms with Crippen molar-refractivity contribution in [2.75, 3.05) is 40.9 Å². The van der Waals surface area contributed by atoms with Crippen molar-refractivity contribution in [1.82, 2.24) is 5.32 Å². The van der Waals surface area contributed by atoms with Crippen LogP contribution in [0.5, 0.6) is 0 Å². The molecule has 1 amide bonds. The minimum atomic E-state index is -4.35. The maximum atomic E-state index is 13.0. The van der Waals surface area contributed by atoms with Crippen LogP contribution < -0.4 is 5.32 Å². The molecule has 0 radical (unpaired) electrons. The van der Waals surface area contributed by atoms with E-state index < -0.39 is 20.0 Å². The van der Waals surface area contributed by atoms with Crippen LogP contribution in [0.15, 0.2) is 36.5 Å². The van der Waals surface area contributed by atoms with Gasteiger partial charge in [-0.3, -0.25) is 13.8 Å². The second kappa shape index (κ2) is 50.7. The molecule has 0 heterocycles. The summed E-state index contributed by atoms with van der Waals surface area (Å²) < 4.78 is 23.7. The summed E-state index contributed by atoms with van der Waals surface area (Å²) in [7, 11) is 1.58. The molecule has 3 atom stereocenters. The van der Waals surface area contributed by atoms with E-state index in [9.17, 15) is 19.4 Å². The number of carbonyl (C=O) groups excluding carboxylic acids is 1. The summed E-state index contributed by atoms with van der Waals surface area (Å²) in [5, 5.41) is 13.9. The Labute approximate surface area is 423 Å². The molecule has 0 aliphatic rings. The zero-order valence-corrected chi connectivity index (χ0v) is 46.8. The summed E-state index contributed by atoms with van der Waals surface area (Å²) in [4.78, 5) is 23.3. The van der Waals surface area contributed by atoms with Gasteiger partial charge in [0.2, 0.25) is 5.91 Å². The molecule has 0 bridgehead atoms. The smallest absolute Gasteiger partial charge is 0.387 e. The van der Waals surface area contributed by atoms with Crippen LogP contribution in [0.3, 0.4) is 0 Å². The summed E-state index contributed by atoms with van der Waals surface area (Å²) in [6.07, 6.45) is 65.3. The number of unbranched alkanes of at least 4 members (excludes halogenated alkanes) is 37. The van der Waals surface area contributed by atoms with Crippen molar-refractivity contribution in [2.24, 2.45) is 0 Å². The first kappa shape index (κ1) is 66.7. The predicted octanol–water partition coefficient (Wildman–Crippen LogP) is 17.8. The topological polar surface area (TPSA) is 105 Å². The quantitative estimate of drug-likeness (QED) is 0.0243. The number of hydrogen-bond donors (Lipinski definition) is 3. The molecule has 0 aliphatic carbocycles. The van der Waals surface area contributed by atoms with E-state index in [1.807, 2.05) is 27.2 Å². The van der Waals surface area contributed by atoms with E-state index in [1.54, 1.807) is 6.08 Å². The summed E-state index contributed by atoms with van der Waals surface area (Å²) in [6.45, 7) is 4.82.